The maximum atomic E-state index is 3.67. The van der Waals surface area contributed by atoms with E-state index in [1.54, 1.807) is 0 Å². The van der Waals surface area contributed by atoms with E-state index in [9.17, 15) is 0 Å². The number of hydrogen-bond acceptors (Lipinski definition) is 1. The molecule has 3 aromatic carbocycles. The highest BCUT2D eigenvalue weighted by molar-refractivity contribution is 7.98. The fraction of sp³-hybridized carbons (Fsp3) is 0.200. The van der Waals surface area contributed by atoms with Crippen molar-refractivity contribution in [3.05, 3.63) is 103 Å². The Kier molecular flexibility index (Phi) is 5.82. The lowest BCUT2D eigenvalue weighted by molar-refractivity contribution is 0.474. The summed E-state index contributed by atoms with van der Waals surface area (Å²) in [5, 5.41) is 7.79. The van der Waals surface area contributed by atoms with E-state index in [-0.39, 0.29) is 5.54 Å². The molecule has 1 N–H and O–H groups in total. The minimum atomic E-state index is -1.92. The lowest BCUT2D eigenvalue weighted by atomic mass is 10.1. The van der Waals surface area contributed by atoms with Gasteiger partial charge in [-0.3, -0.25) is 0 Å². The van der Waals surface area contributed by atoms with Gasteiger partial charge in [-0.2, -0.15) is 0 Å². The van der Waals surface area contributed by atoms with Crippen LogP contribution in [0.5, 0.6) is 0 Å². The normalized spacial score (nSPS) is 12.7. The zero-order valence-corrected chi connectivity index (χ0v) is 17.6. The molecule has 0 saturated carbocycles. The van der Waals surface area contributed by atoms with Crippen LogP contribution in [-0.4, -0.2) is 5.54 Å². The highest BCUT2D eigenvalue weighted by atomic mass is 31.2. The van der Waals surface area contributed by atoms with Gasteiger partial charge < -0.3 is 5.32 Å². The first-order valence-corrected chi connectivity index (χ1v) is 11.3. The Labute approximate surface area is 164 Å². The SMILES string of the molecule is CC(=C[P+](c1ccccc1)(c1ccccc1)c1ccccc1)NC(C)(C)C. The topological polar surface area (TPSA) is 12.0 Å². The summed E-state index contributed by atoms with van der Waals surface area (Å²) in [5.74, 6) is 2.48. The van der Waals surface area contributed by atoms with Crippen molar-refractivity contribution in [2.75, 3.05) is 0 Å². The van der Waals surface area contributed by atoms with Gasteiger partial charge in [0.2, 0.25) is 0 Å². The average Bonchev–Trinajstić information content (AvgIpc) is 2.67. The standard InChI is InChI=1S/C25H29NP/c1-21(26-25(2,3)4)20-27(22-14-8-5-9-15-22,23-16-10-6-11-17-23)24-18-12-7-13-19-24/h5-20,26H,1-4H3/q+1. The second-order valence-electron chi connectivity index (χ2n) is 7.92. The molecular formula is C25H29NP+. The van der Waals surface area contributed by atoms with Crippen LogP contribution < -0.4 is 21.2 Å². The number of rotatable bonds is 5. The number of nitrogens with one attached hydrogen (secondary N) is 1. The summed E-state index contributed by atoms with van der Waals surface area (Å²) < 4.78 is 0. The zero-order chi connectivity index (χ0) is 19.3. The molecule has 3 aromatic rings. The Morgan fingerprint density at radius 1 is 0.667 bits per heavy atom. The second kappa shape index (κ2) is 8.11. The van der Waals surface area contributed by atoms with Gasteiger partial charge >= 0.3 is 0 Å². The predicted octanol–water partition coefficient (Wildman–Crippen LogP) is 5.23. The highest BCUT2D eigenvalue weighted by Crippen LogP contribution is 2.57. The molecule has 0 amide bonds. The number of hydrogen-bond donors (Lipinski definition) is 1. The summed E-state index contributed by atoms with van der Waals surface area (Å²) in [6, 6.07) is 32.8. The molecule has 0 unspecified atom stereocenters. The Hall–Kier alpha value is -2.37. The third-order valence-electron chi connectivity index (χ3n) is 4.45. The first-order valence-electron chi connectivity index (χ1n) is 9.45. The molecule has 1 nitrogen and oxygen atoms in total. The van der Waals surface area contributed by atoms with Crippen LogP contribution in [0.2, 0.25) is 0 Å². The van der Waals surface area contributed by atoms with E-state index in [1.165, 1.54) is 21.6 Å². The van der Waals surface area contributed by atoms with Crippen LogP contribution in [0.4, 0.5) is 0 Å². The number of allylic oxidation sites excluding steroid dienone is 1. The molecule has 0 aromatic heterocycles. The minimum Gasteiger partial charge on any atom is -0.381 e. The van der Waals surface area contributed by atoms with E-state index in [1.807, 2.05) is 0 Å². The summed E-state index contributed by atoms with van der Waals surface area (Å²) >= 11 is 0. The van der Waals surface area contributed by atoms with Gasteiger partial charge in [-0.25, -0.2) is 0 Å². The van der Waals surface area contributed by atoms with Crippen LogP contribution in [0.15, 0.2) is 103 Å². The molecule has 27 heavy (non-hydrogen) atoms. The minimum absolute atomic E-state index is 0.0281. The van der Waals surface area contributed by atoms with Crippen LogP contribution >= 0.6 is 7.26 Å². The summed E-state index contributed by atoms with van der Waals surface area (Å²) in [6.07, 6.45) is 0. The monoisotopic (exact) mass is 374 g/mol. The van der Waals surface area contributed by atoms with E-state index in [0.29, 0.717) is 0 Å². The summed E-state index contributed by atoms with van der Waals surface area (Å²) in [7, 11) is -1.92. The third kappa shape index (κ3) is 4.49. The van der Waals surface area contributed by atoms with Crippen molar-refractivity contribution in [1.82, 2.24) is 5.32 Å². The van der Waals surface area contributed by atoms with Gasteiger partial charge in [0.05, 0.1) is 5.82 Å². The van der Waals surface area contributed by atoms with E-state index < -0.39 is 7.26 Å². The molecule has 0 saturated heterocycles. The second-order valence-corrected chi connectivity index (χ2v) is 11.2. The molecule has 0 spiro atoms. The molecular weight excluding hydrogens is 345 g/mol. The van der Waals surface area contributed by atoms with Gasteiger partial charge in [0.15, 0.2) is 0 Å². The van der Waals surface area contributed by atoms with E-state index in [0.717, 1.165) is 0 Å². The molecule has 0 aliphatic rings. The van der Waals surface area contributed by atoms with Gasteiger partial charge in [0.1, 0.15) is 23.2 Å². The predicted molar refractivity (Wildman–Crippen MR) is 122 cm³/mol. The number of benzene rings is 3. The summed E-state index contributed by atoms with van der Waals surface area (Å²) in [6.45, 7) is 8.81. The Bertz CT molecular complexity index is 781. The van der Waals surface area contributed by atoms with Crippen molar-refractivity contribution in [1.29, 1.82) is 0 Å². The fourth-order valence-electron chi connectivity index (χ4n) is 3.57. The maximum absolute atomic E-state index is 3.67. The first-order chi connectivity index (χ1) is 12.9. The molecule has 0 fully saturated rings. The quantitative estimate of drug-likeness (QED) is 0.603. The zero-order valence-electron chi connectivity index (χ0n) is 16.7. The molecule has 0 bridgehead atoms. The van der Waals surface area contributed by atoms with Crippen molar-refractivity contribution in [3.63, 3.8) is 0 Å². The van der Waals surface area contributed by atoms with Crippen LogP contribution in [-0.2, 0) is 0 Å². The van der Waals surface area contributed by atoms with Gasteiger partial charge in [-0.05, 0) is 64.1 Å². The van der Waals surface area contributed by atoms with Gasteiger partial charge in [0.25, 0.3) is 0 Å². The molecule has 3 rings (SSSR count). The van der Waals surface area contributed by atoms with Crippen LogP contribution in [0.25, 0.3) is 0 Å². The van der Waals surface area contributed by atoms with Crippen molar-refractivity contribution in [3.8, 4) is 0 Å². The van der Waals surface area contributed by atoms with Crippen LogP contribution in [0, 0.1) is 0 Å². The Balaban J connectivity index is 2.31. The summed E-state index contributed by atoms with van der Waals surface area (Å²) in [5.41, 5.74) is 1.24. The molecule has 138 valence electrons. The van der Waals surface area contributed by atoms with Gasteiger partial charge in [0, 0.05) is 11.2 Å². The highest BCUT2D eigenvalue weighted by Gasteiger charge is 2.44. The lowest BCUT2D eigenvalue weighted by Gasteiger charge is -2.27. The largest absolute Gasteiger partial charge is 0.381 e. The molecule has 0 aliphatic heterocycles. The van der Waals surface area contributed by atoms with E-state index in [4.69, 9.17) is 0 Å². The van der Waals surface area contributed by atoms with E-state index in [2.05, 4.69) is 130 Å². The summed E-state index contributed by atoms with van der Waals surface area (Å²) in [4.78, 5) is 0. The molecule has 0 atom stereocenters. The van der Waals surface area contributed by atoms with Gasteiger partial charge in [-0.1, -0.05) is 54.6 Å². The van der Waals surface area contributed by atoms with Crippen molar-refractivity contribution in [2.45, 2.75) is 33.2 Å². The Morgan fingerprint density at radius 2 is 1.00 bits per heavy atom. The third-order valence-corrected chi connectivity index (χ3v) is 8.56. The lowest BCUT2D eigenvalue weighted by Crippen LogP contribution is -2.36. The molecule has 0 aliphatic carbocycles. The fourth-order valence-corrected chi connectivity index (χ4v) is 7.49. The van der Waals surface area contributed by atoms with Crippen molar-refractivity contribution < 1.29 is 0 Å². The Morgan fingerprint density at radius 3 is 1.30 bits per heavy atom. The first kappa shape index (κ1) is 19.4. The average molecular weight is 374 g/mol. The molecule has 2 heteroatoms. The van der Waals surface area contributed by atoms with Crippen LogP contribution in [0.1, 0.15) is 27.7 Å². The van der Waals surface area contributed by atoms with Crippen molar-refractivity contribution in [2.24, 2.45) is 0 Å². The smallest absolute Gasteiger partial charge is 0.138 e. The molecule has 0 radical (unpaired) electrons. The maximum Gasteiger partial charge on any atom is 0.138 e. The van der Waals surface area contributed by atoms with Gasteiger partial charge in [-0.15, -0.1) is 0 Å². The van der Waals surface area contributed by atoms with Crippen LogP contribution in [0.3, 0.4) is 0 Å². The van der Waals surface area contributed by atoms with Crippen molar-refractivity contribution >= 4 is 23.2 Å². The van der Waals surface area contributed by atoms with E-state index >= 15 is 0 Å². The molecule has 0 heterocycles.